The van der Waals surface area contributed by atoms with Gasteiger partial charge in [-0.05, 0) is 13.3 Å². The Morgan fingerprint density at radius 3 is 2.67 bits per heavy atom. The van der Waals surface area contributed by atoms with E-state index in [0.717, 1.165) is 0 Å². The fourth-order valence-corrected chi connectivity index (χ4v) is 1.22. The third-order valence-electron chi connectivity index (χ3n) is 2.10. The predicted octanol–water partition coefficient (Wildman–Crippen LogP) is -0.568. The van der Waals surface area contributed by atoms with E-state index in [1.165, 1.54) is 6.20 Å². The second kappa shape index (κ2) is 5.80. The number of nitrogens with zero attached hydrogens (tertiary/aromatic N) is 1. The molecule has 8 heteroatoms. The number of rotatable bonds is 6. The number of aromatic nitrogens is 1. The van der Waals surface area contributed by atoms with Crippen molar-refractivity contribution in [2.75, 3.05) is 0 Å². The Morgan fingerprint density at radius 1 is 1.56 bits per heavy atom. The Kier molecular flexibility index (Phi) is 4.41. The number of carbonyl (C=O) groups is 3. The maximum atomic E-state index is 11.6. The summed E-state index contributed by atoms with van der Waals surface area (Å²) in [4.78, 5) is 36.7. The molecular formula is C10H13N3O5. The summed E-state index contributed by atoms with van der Waals surface area (Å²) in [5.74, 6) is -2.43. The number of nitrogens with one attached hydrogen (secondary N) is 1. The van der Waals surface area contributed by atoms with Gasteiger partial charge >= 0.3 is 11.9 Å². The number of aliphatic carboxylic acids is 1. The van der Waals surface area contributed by atoms with Gasteiger partial charge in [-0.1, -0.05) is 0 Å². The normalized spacial score (nSPS) is 11.8. The van der Waals surface area contributed by atoms with Crippen molar-refractivity contribution < 1.29 is 23.9 Å². The molecule has 1 atom stereocenters. The maximum Gasteiger partial charge on any atom is 0.326 e. The molecule has 98 valence electrons. The van der Waals surface area contributed by atoms with Gasteiger partial charge in [0.05, 0.1) is 6.20 Å². The molecule has 8 nitrogen and oxygen atoms in total. The van der Waals surface area contributed by atoms with Crippen molar-refractivity contribution in [1.82, 2.24) is 10.3 Å². The zero-order valence-electron chi connectivity index (χ0n) is 9.67. The maximum absolute atomic E-state index is 11.6. The van der Waals surface area contributed by atoms with Gasteiger partial charge in [-0.25, -0.2) is 9.78 Å². The lowest BCUT2D eigenvalue weighted by molar-refractivity contribution is -0.139. The van der Waals surface area contributed by atoms with Crippen molar-refractivity contribution in [2.24, 2.45) is 5.73 Å². The van der Waals surface area contributed by atoms with Crippen LogP contribution in [0.2, 0.25) is 0 Å². The van der Waals surface area contributed by atoms with Crippen LogP contribution in [0.15, 0.2) is 10.6 Å². The van der Waals surface area contributed by atoms with Crippen LogP contribution in [0.5, 0.6) is 0 Å². The van der Waals surface area contributed by atoms with Crippen LogP contribution in [0.1, 0.15) is 29.3 Å². The van der Waals surface area contributed by atoms with Gasteiger partial charge in [-0.2, -0.15) is 0 Å². The molecular weight excluding hydrogens is 242 g/mol. The second-order valence-corrected chi connectivity index (χ2v) is 3.65. The molecule has 0 aromatic carbocycles. The topological polar surface area (TPSA) is 136 Å². The van der Waals surface area contributed by atoms with Crippen LogP contribution in [-0.2, 0) is 9.59 Å². The first kappa shape index (κ1) is 13.7. The average molecular weight is 255 g/mol. The fraction of sp³-hybridized carbons (Fsp3) is 0.400. The lowest BCUT2D eigenvalue weighted by Gasteiger charge is -2.11. The van der Waals surface area contributed by atoms with E-state index in [0.29, 0.717) is 5.76 Å². The molecule has 0 spiro atoms. The third kappa shape index (κ3) is 3.89. The Labute approximate surface area is 102 Å². The van der Waals surface area contributed by atoms with Gasteiger partial charge in [0, 0.05) is 6.42 Å². The number of carbonyl (C=O) groups excluding carboxylic acids is 2. The lowest BCUT2D eigenvalue weighted by atomic mass is 10.1. The van der Waals surface area contributed by atoms with Gasteiger partial charge in [-0.3, -0.25) is 9.59 Å². The highest BCUT2D eigenvalue weighted by Gasteiger charge is 2.23. The summed E-state index contributed by atoms with van der Waals surface area (Å²) in [6.07, 6.45) is 1.12. The van der Waals surface area contributed by atoms with Crippen molar-refractivity contribution in [1.29, 1.82) is 0 Å². The molecule has 1 heterocycles. The van der Waals surface area contributed by atoms with Crippen LogP contribution in [0, 0.1) is 6.92 Å². The quantitative estimate of drug-likeness (QED) is 0.622. The molecule has 1 aromatic heterocycles. The van der Waals surface area contributed by atoms with E-state index in [2.05, 4.69) is 10.3 Å². The standard InChI is InChI=1S/C10H13N3O5/c1-5-4-12-9(18-5)8(15)13-6(10(16)17)2-3-7(11)14/h4,6H,2-3H2,1H3,(H2,11,14)(H,13,15)(H,16,17)/t6-/m0/s1. The van der Waals surface area contributed by atoms with Crippen molar-refractivity contribution >= 4 is 17.8 Å². The van der Waals surface area contributed by atoms with Gasteiger partial charge in [-0.15, -0.1) is 0 Å². The monoisotopic (exact) mass is 255 g/mol. The van der Waals surface area contributed by atoms with E-state index < -0.39 is 23.8 Å². The number of hydrogen-bond acceptors (Lipinski definition) is 5. The van der Waals surface area contributed by atoms with Gasteiger partial charge < -0.3 is 20.6 Å². The number of carboxylic acid groups (broad SMARTS) is 1. The molecule has 2 amide bonds. The van der Waals surface area contributed by atoms with Crippen LogP contribution >= 0.6 is 0 Å². The number of amides is 2. The fourth-order valence-electron chi connectivity index (χ4n) is 1.22. The van der Waals surface area contributed by atoms with Gasteiger partial charge in [0.25, 0.3) is 5.89 Å². The summed E-state index contributed by atoms with van der Waals surface area (Å²) in [6, 6.07) is -1.21. The van der Waals surface area contributed by atoms with Crippen LogP contribution < -0.4 is 11.1 Å². The summed E-state index contributed by atoms with van der Waals surface area (Å²) >= 11 is 0. The molecule has 1 aromatic rings. The molecule has 0 unspecified atom stereocenters. The minimum absolute atomic E-state index is 0.0872. The first-order valence-electron chi connectivity index (χ1n) is 5.14. The van der Waals surface area contributed by atoms with Crippen LogP contribution in [0.25, 0.3) is 0 Å². The molecule has 0 bridgehead atoms. The van der Waals surface area contributed by atoms with Gasteiger partial charge in [0.2, 0.25) is 5.91 Å². The van der Waals surface area contributed by atoms with Crippen molar-refractivity contribution in [3.8, 4) is 0 Å². The van der Waals surface area contributed by atoms with Crippen molar-refractivity contribution in [3.63, 3.8) is 0 Å². The molecule has 0 saturated carbocycles. The van der Waals surface area contributed by atoms with Gasteiger partial charge in [0.15, 0.2) is 0 Å². The Balaban J connectivity index is 2.63. The molecule has 4 N–H and O–H groups in total. The summed E-state index contributed by atoms with van der Waals surface area (Å²) in [5.41, 5.74) is 4.91. The second-order valence-electron chi connectivity index (χ2n) is 3.65. The smallest absolute Gasteiger partial charge is 0.326 e. The molecule has 0 radical (unpaired) electrons. The number of aryl methyl sites for hydroxylation is 1. The zero-order valence-corrected chi connectivity index (χ0v) is 9.67. The number of carboxylic acids is 1. The molecule has 0 fully saturated rings. The average Bonchev–Trinajstić information content (AvgIpc) is 2.70. The Hall–Kier alpha value is -2.38. The highest BCUT2D eigenvalue weighted by Crippen LogP contribution is 2.03. The largest absolute Gasteiger partial charge is 0.480 e. The summed E-state index contributed by atoms with van der Waals surface area (Å²) in [5, 5.41) is 11.1. The van der Waals surface area contributed by atoms with Crippen molar-refractivity contribution in [2.45, 2.75) is 25.8 Å². The Morgan fingerprint density at radius 2 is 2.22 bits per heavy atom. The number of oxazole rings is 1. The van der Waals surface area contributed by atoms with E-state index in [4.69, 9.17) is 15.3 Å². The summed E-state index contributed by atoms with van der Waals surface area (Å²) < 4.78 is 4.94. The van der Waals surface area contributed by atoms with E-state index in [9.17, 15) is 14.4 Å². The van der Waals surface area contributed by atoms with Gasteiger partial charge in [0.1, 0.15) is 11.8 Å². The van der Waals surface area contributed by atoms with Crippen LogP contribution in [0.4, 0.5) is 0 Å². The van der Waals surface area contributed by atoms with E-state index in [1.807, 2.05) is 0 Å². The first-order valence-corrected chi connectivity index (χ1v) is 5.14. The molecule has 1 rings (SSSR count). The molecule has 0 saturated heterocycles. The minimum Gasteiger partial charge on any atom is -0.480 e. The molecule has 0 aliphatic rings. The zero-order chi connectivity index (χ0) is 13.7. The van der Waals surface area contributed by atoms with Crippen molar-refractivity contribution in [3.05, 3.63) is 17.8 Å². The minimum atomic E-state index is -1.26. The third-order valence-corrected chi connectivity index (χ3v) is 2.10. The molecule has 0 aliphatic heterocycles. The molecule has 18 heavy (non-hydrogen) atoms. The number of primary amides is 1. The Bertz CT molecular complexity index is 468. The van der Waals surface area contributed by atoms with E-state index in [1.54, 1.807) is 6.92 Å². The number of hydrogen-bond donors (Lipinski definition) is 3. The highest BCUT2D eigenvalue weighted by atomic mass is 16.4. The van der Waals surface area contributed by atoms with E-state index in [-0.39, 0.29) is 18.7 Å². The lowest BCUT2D eigenvalue weighted by Crippen LogP contribution is -2.41. The first-order chi connectivity index (χ1) is 8.40. The van der Waals surface area contributed by atoms with E-state index >= 15 is 0 Å². The van der Waals surface area contributed by atoms with Crippen LogP contribution in [0.3, 0.4) is 0 Å². The van der Waals surface area contributed by atoms with Crippen LogP contribution in [-0.4, -0.2) is 33.9 Å². The predicted molar refractivity (Wildman–Crippen MR) is 58.6 cm³/mol. The summed E-state index contributed by atoms with van der Waals surface area (Å²) in [6.45, 7) is 1.60. The molecule has 0 aliphatic carbocycles. The SMILES string of the molecule is Cc1cnc(C(=O)N[C@@H](CCC(N)=O)C(=O)O)o1. The summed E-state index contributed by atoms with van der Waals surface area (Å²) in [7, 11) is 0. The number of nitrogens with two attached hydrogens (primary N) is 1. The highest BCUT2D eigenvalue weighted by molar-refractivity contribution is 5.92.